The predicted octanol–water partition coefficient (Wildman–Crippen LogP) is -1.73. The first kappa shape index (κ1) is 30.9. The fraction of sp³-hybridized carbons (Fsp3) is 1.00. The van der Waals surface area contributed by atoms with Crippen LogP contribution in [-0.2, 0) is 14.2 Å². The molecule has 0 radical (unpaired) electrons. The van der Waals surface area contributed by atoms with Crippen molar-refractivity contribution in [1.29, 1.82) is 0 Å². The lowest BCUT2D eigenvalue weighted by molar-refractivity contribution is -0.301. The molecule has 2 rings (SSSR count). The molecule has 0 aliphatic carbocycles. The maximum atomic E-state index is 9.78. The summed E-state index contributed by atoms with van der Waals surface area (Å²) in [5.41, 5.74) is -0.874. The Morgan fingerprint density at radius 3 is 1.67 bits per heavy atom. The molecule has 2 aliphatic rings. The van der Waals surface area contributed by atoms with E-state index < -0.39 is 73.8 Å². The quantitative estimate of drug-likeness (QED) is 0.115. The van der Waals surface area contributed by atoms with Crippen molar-refractivity contribution in [3.8, 4) is 0 Å². The number of rotatable bonds is 11. The van der Waals surface area contributed by atoms with Gasteiger partial charge in [0.1, 0.15) is 54.3 Å². The third-order valence-electron chi connectivity index (χ3n) is 5.75. The first-order valence-corrected chi connectivity index (χ1v) is 12.1. The van der Waals surface area contributed by atoms with Crippen LogP contribution in [0.2, 0.25) is 0 Å². The van der Waals surface area contributed by atoms with Gasteiger partial charge in [-0.25, -0.2) is 0 Å². The Labute approximate surface area is 200 Å². The second-order valence-electron chi connectivity index (χ2n) is 8.41. The number of aliphatic hydroxyl groups excluding tert-OH is 8. The summed E-state index contributed by atoms with van der Waals surface area (Å²) in [6.07, 6.45) is -2.50. The van der Waals surface area contributed by atoms with E-state index >= 15 is 0 Å². The van der Waals surface area contributed by atoms with Gasteiger partial charge in [0.05, 0.1) is 13.2 Å². The Kier molecular flexibility index (Phi) is 15.5. The molecule has 8 N–H and O–H groups in total. The molecule has 0 spiro atoms. The molecule has 2 saturated heterocycles. The van der Waals surface area contributed by atoms with Gasteiger partial charge in [0.15, 0.2) is 6.29 Å². The van der Waals surface area contributed by atoms with Gasteiger partial charge in [0.2, 0.25) is 0 Å². The summed E-state index contributed by atoms with van der Waals surface area (Å²) in [5.74, 6) is 0. The van der Waals surface area contributed by atoms with E-state index in [9.17, 15) is 25.5 Å². The second kappa shape index (κ2) is 16.6. The smallest absolute Gasteiger partial charge is 0.186 e. The van der Waals surface area contributed by atoms with Crippen molar-refractivity contribution >= 4 is 12.6 Å². The van der Waals surface area contributed by atoms with Crippen molar-refractivity contribution in [3.63, 3.8) is 0 Å². The lowest BCUT2D eigenvalue weighted by atomic mass is 9.99. The first-order chi connectivity index (χ1) is 15.7. The zero-order valence-electron chi connectivity index (χ0n) is 19.1. The number of hydrogen-bond acceptors (Lipinski definition) is 12. The minimum atomic E-state index is -1.37. The third kappa shape index (κ3) is 9.82. The molecule has 0 amide bonds. The summed E-state index contributed by atoms with van der Waals surface area (Å²) in [6.45, 7) is 1.77. The van der Waals surface area contributed by atoms with Crippen LogP contribution in [-0.4, -0.2) is 121 Å². The molecule has 198 valence electrons. The zero-order valence-corrected chi connectivity index (χ0v) is 20.0. The van der Waals surface area contributed by atoms with Gasteiger partial charge in [-0.05, 0) is 6.42 Å². The molecule has 0 aromatic carbocycles. The van der Waals surface area contributed by atoms with Gasteiger partial charge in [-0.1, -0.05) is 45.4 Å². The highest BCUT2D eigenvalue weighted by Crippen LogP contribution is 2.23. The van der Waals surface area contributed by atoms with Gasteiger partial charge < -0.3 is 55.1 Å². The summed E-state index contributed by atoms with van der Waals surface area (Å²) in [4.78, 5) is 0. The zero-order chi connectivity index (χ0) is 25.0. The molecule has 2 aliphatic heterocycles. The standard InChI is InChI=1S/C15H30O6.C6H12O5S/c1-2-3-4-5-6-7-8-9-20-15-14(19)13(18)12(17)11(10-16)21-15;7-1-2-3(8)4(9)5(10)6(12)11-2/h11-19H,2-10H2,1H3;2-10,12H,1H2/t11-,12-,13+,14-,15?;2-,3-,4+,5-,6?/m11/s1. The highest BCUT2D eigenvalue weighted by molar-refractivity contribution is 7.80. The lowest BCUT2D eigenvalue weighted by Crippen LogP contribution is -2.59. The Balaban J connectivity index is 0.000000383. The molecule has 0 aromatic heterocycles. The molecule has 12 heteroatoms. The van der Waals surface area contributed by atoms with Crippen LogP contribution < -0.4 is 0 Å². The van der Waals surface area contributed by atoms with Crippen molar-refractivity contribution in [1.82, 2.24) is 0 Å². The molecular weight excluding hydrogens is 460 g/mol. The molecule has 2 heterocycles. The molecule has 11 nitrogen and oxygen atoms in total. The molecule has 2 fully saturated rings. The van der Waals surface area contributed by atoms with Crippen molar-refractivity contribution in [3.05, 3.63) is 0 Å². The first-order valence-electron chi connectivity index (χ1n) is 11.6. The van der Waals surface area contributed by atoms with E-state index in [0.717, 1.165) is 19.3 Å². The van der Waals surface area contributed by atoms with Gasteiger partial charge in [-0.15, -0.1) is 12.6 Å². The summed E-state index contributed by atoms with van der Waals surface area (Å²) < 4.78 is 15.6. The van der Waals surface area contributed by atoms with Crippen molar-refractivity contribution in [2.24, 2.45) is 0 Å². The fourth-order valence-electron chi connectivity index (χ4n) is 3.55. The molecule has 10 atom stereocenters. The molecular formula is C21H42O11S. The Bertz CT molecular complexity index is 496. The topological polar surface area (TPSA) is 190 Å². The van der Waals surface area contributed by atoms with E-state index in [2.05, 4.69) is 19.6 Å². The minimum Gasteiger partial charge on any atom is -0.394 e. The Morgan fingerprint density at radius 1 is 0.636 bits per heavy atom. The number of hydrogen-bond donors (Lipinski definition) is 9. The lowest BCUT2D eigenvalue weighted by Gasteiger charge is -2.39. The Hall–Kier alpha value is -0.0900. The van der Waals surface area contributed by atoms with E-state index in [0.29, 0.717) is 6.61 Å². The predicted molar refractivity (Wildman–Crippen MR) is 120 cm³/mol. The van der Waals surface area contributed by atoms with Crippen LogP contribution in [0, 0.1) is 0 Å². The summed E-state index contributed by atoms with van der Waals surface area (Å²) in [5, 5.41) is 74.3. The fourth-order valence-corrected chi connectivity index (χ4v) is 3.88. The number of thiol groups is 1. The SMILES string of the molecule is CCCCCCCCCOC1O[C@H](CO)[C@@H](O)[C@H](O)[C@H]1O.OC[C@H]1OC(S)[C@H](O)[C@@H](O)[C@@H]1O. The number of ether oxygens (including phenoxy) is 3. The second-order valence-corrected chi connectivity index (χ2v) is 8.92. The minimum absolute atomic E-state index is 0.415. The van der Waals surface area contributed by atoms with Crippen LogP contribution >= 0.6 is 12.6 Å². The van der Waals surface area contributed by atoms with E-state index in [-0.39, 0.29) is 0 Å². The number of aliphatic hydroxyl groups is 8. The molecule has 0 aromatic rings. The molecule has 2 unspecified atom stereocenters. The third-order valence-corrected chi connectivity index (χ3v) is 6.17. The molecule has 33 heavy (non-hydrogen) atoms. The van der Waals surface area contributed by atoms with Crippen LogP contribution in [0.3, 0.4) is 0 Å². The molecule has 0 saturated carbocycles. The van der Waals surface area contributed by atoms with E-state index in [1.54, 1.807) is 0 Å². The van der Waals surface area contributed by atoms with Gasteiger partial charge in [-0.2, -0.15) is 0 Å². The van der Waals surface area contributed by atoms with Crippen LogP contribution in [0.5, 0.6) is 0 Å². The highest BCUT2D eigenvalue weighted by Gasteiger charge is 2.44. The van der Waals surface area contributed by atoms with Gasteiger partial charge in [-0.3, -0.25) is 0 Å². The number of unbranched alkanes of at least 4 members (excludes halogenated alkanes) is 6. The van der Waals surface area contributed by atoms with Crippen LogP contribution in [0.15, 0.2) is 0 Å². The van der Waals surface area contributed by atoms with Gasteiger partial charge in [0.25, 0.3) is 0 Å². The van der Waals surface area contributed by atoms with Crippen LogP contribution in [0.1, 0.15) is 51.9 Å². The van der Waals surface area contributed by atoms with E-state index in [4.69, 9.17) is 29.5 Å². The highest BCUT2D eigenvalue weighted by atomic mass is 32.1. The maximum absolute atomic E-state index is 9.78. The van der Waals surface area contributed by atoms with Crippen LogP contribution in [0.4, 0.5) is 0 Å². The summed E-state index contributed by atoms with van der Waals surface area (Å²) in [7, 11) is 0. The summed E-state index contributed by atoms with van der Waals surface area (Å²) >= 11 is 3.81. The average molecular weight is 503 g/mol. The van der Waals surface area contributed by atoms with Crippen molar-refractivity contribution < 1.29 is 55.1 Å². The Morgan fingerprint density at radius 2 is 1.12 bits per heavy atom. The van der Waals surface area contributed by atoms with Crippen molar-refractivity contribution in [2.45, 2.75) is 112 Å². The monoisotopic (exact) mass is 502 g/mol. The molecule has 0 bridgehead atoms. The normalized spacial score (nSPS) is 39.1. The largest absolute Gasteiger partial charge is 0.394 e. The van der Waals surface area contributed by atoms with Crippen LogP contribution in [0.25, 0.3) is 0 Å². The maximum Gasteiger partial charge on any atom is 0.186 e. The van der Waals surface area contributed by atoms with Crippen molar-refractivity contribution in [2.75, 3.05) is 19.8 Å². The average Bonchev–Trinajstić information content (AvgIpc) is 2.82. The van der Waals surface area contributed by atoms with E-state index in [1.165, 1.54) is 25.7 Å². The summed E-state index contributed by atoms with van der Waals surface area (Å²) in [6, 6.07) is 0. The van der Waals surface area contributed by atoms with Gasteiger partial charge in [0, 0.05) is 6.61 Å². The van der Waals surface area contributed by atoms with Gasteiger partial charge >= 0.3 is 0 Å². The van der Waals surface area contributed by atoms with E-state index in [1.807, 2.05) is 0 Å².